The summed E-state index contributed by atoms with van der Waals surface area (Å²) in [4.78, 5) is 24.4. The van der Waals surface area contributed by atoms with Gasteiger partial charge >= 0.3 is 0 Å². The summed E-state index contributed by atoms with van der Waals surface area (Å²) in [5.74, 6) is 0.0564. The molecule has 0 aliphatic carbocycles. The Labute approximate surface area is 79.1 Å². The molecule has 0 N–H and O–H groups in total. The molecule has 3 heteroatoms. The summed E-state index contributed by atoms with van der Waals surface area (Å²) in [5.41, 5.74) is 0. The molecule has 1 heterocycles. The molecule has 1 saturated heterocycles. The normalized spacial score (nSPS) is 22.0. The Kier molecular flexibility index (Phi) is 3.46. The number of rotatable bonds is 3. The van der Waals surface area contributed by atoms with Crippen LogP contribution in [0.2, 0.25) is 0 Å². The van der Waals surface area contributed by atoms with Crippen molar-refractivity contribution in [3.8, 4) is 0 Å². The number of ketones is 1. The molecule has 1 atom stereocenters. The first-order valence-corrected chi connectivity index (χ1v) is 4.96. The number of nitrogens with zero attached hydrogens (tertiary/aromatic N) is 1. The van der Waals surface area contributed by atoms with Gasteiger partial charge in [-0.15, -0.1) is 0 Å². The summed E-state index contributed by atoms with van der Waals surface area (Å²) in [7, 11) is 0. The maximum absolute atomic E-state index is 11.5. The van der Waals surface area contributed by atoms with E-state index in [2.05, 4.69) is 0 Å². The van der Waals surface area contributed by atoms with Crippen molar-refractivity contribution in [1.82, 2.24) is 4.90 Å². The maximum atomic E-state index is 11.5. The topological polar surface area (TPSA) is 37.4 Å². The fraction of sp³-hybridized carbons (Fsp3) is 0.800. The molecule has 1 aliphatic heterocycles. The molecule has 0 aromatic heterocycles. The van der Waals surface area contributed by atoms with Gasteiger partial charge in [0.05, 0.1) is 6.42 Å². The number of Topliss-reactive ketones (excluding diaryl/α,β-unsaturated/α-hetero) is 1. The van der Waals surface area contributed by atoms with Crippen molar-refractivity contribution in [2.75, 3.05) is 6.54 Å². The van der Waals surface area contributed by atoms with Crippen molar-refractivity contribution in [1.29, 1.82) is 0 Å². The minimum Gasteiger partial charge on any atom is -0.340 e. The molecule has 0 radical (unpaired) electrons. The fourth-order valence-corrected chi connectivity index (χ4v) is 1.70. The quantitative estimate of drug-likeness (QED) is 0.620. The lowest BCUT2D eigenvalue weighted by Crippen LogP contribution is -2.34. The van der Waals surface area contributed by atoms with Gasteiger partial charge in [-0.2, -0.15) is 0 Å². The lowest BCUT2D eigenvalue weighted by atomic mass is 10.2. The van der Waals surface area contributed by atoms with Crippen molar-refractivity contribution in [3.63, 3.8) is 0 Å². The lowest BCUT2D eigenvalue weighted by molar-refractivity contribution is -0.135. The van der Waals surface area contributed by atoms with Crippen molar-refractivity contribution in [3.05, 3.63) is 0 Å². The van der Waals surface area contributed by atoms with Crippen LogP contribution in [0.5, 0.6) is 0 Å². The molecule has 1 rings (SSSR count). The highest BCUT2D eigenvalue weighted by molar-refractivity contribution is 5.98. The van der Waals surface area contributed by atoms with Crippen LogP contribution in [0.15, 0.2) is 0 Å². The summed E-state index contributed by atoms with van der Waals surface area (Å²) in [6, 6.07) is 0.331. The second-order valence-electron chi connectivity index (χ2n) is 3.65. The van der Waals surface area contributed by atoms with Gasteiger partial charge in [-0.3, -0.25) is 9.59 Å². The number of likely N-dealkylation sites (tertiary alicyclic amines) is 1. The average molecular weight is 183 g/mol. The monoisotopic (exact) mass is 183 g/mol. The van der Waals surface area contributed by atoms with E-state index in [-0.39, 0.29) is 18.1 Å². The number of carbonyl (C=O) groups is 2. The van der Waals surface area contributed by atoms with Gasteiger partial charge in [0.1, 0.15) is 5.78 Å². The largest absolute Gasteiger partial charge is 0.340 e. The lowest BCUT2D eigenvalue weighted by Gasteiger charge is -2.20. The van der Waals surface area contributed by atoms with Crippen molar-refractivity contribution in [2.45, 2.75) is 45.6 Å². The van der Waals surface area contributed by atoms with E-state index in [1.54, 1.807) is 6.92 Å². The third-order valence-electron chi connectivity index (χ3n) is 2.62. The van der Waals surface area contributed by atoms with Gasteiger partial charge in [0, 0.05) is 19.0 Å². The molecule has 1 aliphatic rings. The smallest absolute Gasteiger partial charge is 0.230 e. The van der Waals surface area contributed by atoms with E-state index in [9.17, 15) is 9.59 Å². The molecular formula is C10H17NO2. The zero-order chi connectivity index (χ0) is 9.84. The first-order valence-electron chi connectivity index (χ1n) is 4.96. The highest BCUT2D eigenvalue weighted by Crippen LogP contribution is 2.17. The number of amides is 1. The molecule has 3 nitrogen and oxygen atoms in total. The SMILES string of the molecule is CCC(=O)CC(=O)N1CCCC1C. The van der Waals surface area contributed by atoms with E-state index in [0.29, 0.717) is 12.5 Å². The molecule has 0 spiro atoms. The van der Waals surface area contributed by atoms with Gasteiger partial charge in [-0.25, -0.2) is 0 Å². The van der Waals surface area contributed by atoms with E-state index in [1.807, 2.05) is 11.8 Å². The molecule has 1 amide bonds. The highest BCUT2D eigenvalue weighted by Gasteiger charge is 2.25. The van der Waals surface area contributed by atoms with E-state index in [1.165, 1.54) is 0 Å². The van der Waals surface area contributed by atoms with E-state index >= 15 is 0 Å². The van der Waals surface area contributed by atoms with Crippen molar-refractivity contribution < 1.29 is 9.59 Å². The predicted octanol–water partition coefficient (Wildman–Crippen LogP) is 1.37. The Morgan fingerprint density at radius 2 is 2.15 bits per heavy atom. The van der Waals surface area contributed by atoms with Crippen LogP contribution < -0.4 is 0 Å². The van der Waals surface area contributed by atoms with Gasteiger partial charge in [0.25, 0.3) is 0 Å². The van der Waals surface area contributed by atoms with Crippen LogP contribution in [0.25, 0.3) is 0 Å². The second-order valence-corrected chi connectivity index (χ2v) is 3.65. The van der Waals surface area contributed by atoms with Crippen LogP contribution in [-0.2, 0) is 9.59 Å². The van der Waals surface area contributed by atoms with Crippen LogP contribution in [-0.4, -0.2) is 29.2 Å². The molecule has 1 unspecified atom stereocenters. The van der Waals surface area contributed by atoms with E-state index < -0.39 is 0 Å². The van der Waals surface area contributed by atoms with Gasteiger partial charge < -0.3 is 4.90 Å². The molecule has 13 heavy (non-hydrogen) atoms. The van der Waals surface area contributed by atoms with Crippen LogP contribution in [0.3, 0.4) is 0 Å². The Bertz CT molecular complexity index is 213. The third kappa shape index (κ3) is 2.54. The Hall–Kier alpha value is -0.860. The van der Waals surface area contributed by atoms with Crippen LogP contribution in [0.4, 0.5) is 0 Å². The molecule has 0 saturated carbocycles. The molecule has 0 aromatic rings. The third-order valence-corrected chi connectivity index (χ3v) is 2.62. The summed E-state index contributed by atoms with van der Waals surface area (Å²) >= 11 is 0. The van der Waals surface area contributed by atoms with Crippen molar-refractivity contribution in [2.24, 2.45) is 0 Å². The number of carbonyl (C=O) groups excluding carboxylic acids is 2. The minimum atomic E-state index is 0.0110. The summed E-state index contributed by atoms with van der Waals surface area (Å²) < 4.78 is 0. The molecule has 74 valence electrons. The fourth-order valence-electron chi connectivity index (χ4n) is 1.70. The van der Waals surface area contributed by atoms with E-state index in [0.717, 1.165) is 19.4 Å². The standard InChI is InChI=1S/C10H17NO2/c1-3-9(12)7-10(13)11-6-4-5-8(11)2/h8H,3-7H2,1-2H3. The van der Waals surface area contributed by atoms with Crippen LogP contribution in [0, 0.1) is 0 Å². The van der Waals surface area contributed by atoms with E-state index in [4.69, 9.17) is 0 Å². The van der Waals surface area contributed by atoms with Crippen LogP contribution >= 0.6 is 0 Å². The minimum absolute atomic E-state index is 0.0110. The summed E-state index contributed by atoms with van der Waals surface area (Å²) in [5, 5.41) is 0. The first kappa shape index (κ1) is 10.2. The molecule has 0 aromatic carbocycles. The molecule has 1 fully saturated rings. The number of hydrogen-bond donors (Lipinski definition) is 0. The summed E-state index contributed by atoms with van der Waals surface area (Å²) in [6.45, 7) is 4.67. The van der Waals surface area contributed by atoms with Crippen LogP contribution in [0.1, 0.15) is 39.5 Å². The zero-order valence-corrected chi connectivity index (χ0v) is 8.38. The number of hydrogen-bond acceptors (Lipinski definition) is 2. The second kappa shape index (κ2) is 4.40. The van der Waals surface area contributed by atoms with Gasteiger partial charge in [-0.05, 0) is 19.8 Å². The molecule has 0 bridgehead atoms. The Balaban J connectivity index is 2.43. The maximum Gasteiger partial charge on any atom is 0.230 e. The first-order chi connectivity index (χ1) is 6.15. The molecular weight excluding hydrogens is 166 g/mol. The van der Waals surface area contributed by atoms with Gasteiger partial charge in [0.15, 0.2) is 0 Å². The van der Waals surface area contributed by atoms with Gasteiger partial charge in [0.2, 0.25) is 5.91 Å². The average Bonchev–Trinajstić information content (AvgIpc) is 2.51. The zero-order valence-electron chi connectivity index (χ0n) is 8.38. The van der Waals surface area contributed by atoms with Crippen molar-refractivity contribution >= 4 is 11.7 Å². The predicted molar refractivity (Wildman–Crippen MR) is 50.3 cm³/mol. The Morgan fingerprint density at radius 3 is 2.62 bits per heavy atom. The highest BCUT2D eigenvalue weighted by atomic mass is 16.2. The summed E-state index contributed by atoms with van der Waals surface area (Å²) in [6.07, 6.45) is 2.72. The van der Waals surface area contributed by atoms with Gasteiger partial charge in [-0.1, -0.05) is 6.92 Å². The Morgan fingerprint density at radius 1 is 1.46 bits per heavy atom.